The number of aliphatic hydroxyl groups excluding tert-OH is 5. The van der Waals surface area contributed by atoms with Gasteiger partial charge in [-0.15, -0.1) is 0 Å². The van der Waals surface area contributed by atoms with Crippen molar-refractivity contribution >= 4 is 11.9 Å². The summed E-state index contributed by atoms with van der Waals surface area (Å²) < 4.78 is 16.7. The number of rotatable bonds is 72. The van der Waals surface area contributed by atoms with Crippen LogP contribution in [0.3, 0.4) is 0 Å². The molecule has 0 saturated carbocycles. The Hall–Kier alpha value is -2.12. The van der Waals surface area contributed by atoms with E-state index in [1.54, 1.807) is 6.08 Å². The zero-order valence-electron chi connectivity index (χ0n) is 60.5. The van der Waals surface area contributed by atoms with Crippen molar-refractivity contribution in [3.05, 3.63) is 36.5 Å². The molecule has 92 heavy (non-hydrogen) atoms. The average molecular weight is 1300 g/mol. The maximum absolute atomic E-state index is 13.0. The Balaban J connectivity index is 1.85. The molecule has 1 aliphatic rings. The zero-order chi connectivity index (χ0) is 66.5. The molecule has 11 nitrogen and oxygen atoms in total. The number of aliphatic hydroxyl groups is 5. The number of allylic oxidation sites excluding steroid dienone is 5. The van der Waals surface area contributed by atoms with E-state index in [2.05, 4.69) is 43.5 Å². The first-order chi connectivity index (χ1) is 45.2. The minimum absolute atomic E-state index is 0.0187. The van der Waals surface area contributed by atoms with Crippen LogP contribution in [0.25, 0.3) is 0 Å². The molecule has 0 aromatic heterocycles. The van der Waals surface area contributed by atoms with Crippen molar-refractivity contribution in [2.75, 3.05) is 19.8 Å². The quantitative estimate of drug-likeness (QED) is 0.0195. The van der Waals surface area contributed by atoms with Crippen molar-refractivity contribution in [1.29, 1.82) is 0 Å². The minimum atomic E-state index is -1.57. The number of esters is 1. The van der Waals surface area contributed by atoms with Crippen molar-refractivity contribution in [1.82, 2.24) is 5.32 Å². The number of hydrogen-bond acceptors (Lipinski definition) is 10. The molecule has 1 rings (SSSR count). The monoisotopic (exact) mass is 1300 g/mol. The van der Waals surface area contributed by atoms with Crippen LogP contribution in [-0.2, 0) is 23.8 Å². The molecule has 0 aliphatic carbocycles. The van der Waals surface area contributed by atoms with E-state index in [1.165, 1.54) is 321 Å². The highest BCUT2D eigenvalue weighted by molar-refractivity contribution is 5.76. The van der Waals surface area contributed by atoms with Crippen LogP contribution in [0.4, 0.5) is 0 Å². The van der Waals surface area contributed by atoms with Crippen molar-refractivity contribution in [2.45, 2.75) is 448 Å². The summed E-state index contributed by atoms with van der Waals surface area (Å²) in [6.45, 7) is 4.37. The Bertz CT molecular complexity index is 1620. The van der Waals surface area contributed by atoms with Crippen LogP contribution in [0.2, 0.25) is 0 Å². The van der Waals surface area contributed by atoms with E-state index in [1.807, 2.05) is 6.08 Å². The van der Waals surface area contributed by atoms with Crippen LogP contribution in [-0.4, -0.2) is 100 Å². The van der Waals surface area contributed by atoms with Gasteiger partial charge in [0.1, 0.15) is 24.4 Å². The molecule has 1 aliphatic heterocycles. The Morgan fingerprint density at radius 1 is 0.402 bits per heavy atom. The summed E-state index contributed by atoms with van der Waals surface area (Å²) >= 11 is 0. The number of amides is 1. The first-order valence-corrected chi connectivity index (χ1v) is 40.3. The second-order valence-electron chi connectivity index (χ2n) is 28.1. The van der Waals surface area contributed by atoms with Crippen LogP contribution < -0.4 is 5.32 Å². The van der Waals surface area contributed by atoms with Crippen LogP contribution in [0.15, 0.2) is 36.5 Å². The summed E-state index contributed by atoms with van der Waals surface area (Å²) in [6.07, 6.45) is 82.0. The van der Waals surface area contributed by atoms with Crippen LogP contribution in [0.5, 0.6) is 0 Å². The van der Waals surface area contributed by atoms with E-state index in [0.717, 1.165) is 57.8 Å². The van der Waals surface area contributed by atoms with Gasteiger partial charge in [0.2, 0.25) is 5.91 Å². The minimum Gasteiger partial charge on any atom is -0.466 e. The van der Waals surface area contributed by atoms with Gasteiger partial charge in [0.25, 0.3) is 0 Å². The standard InChI is InChI=1S/C81H153NO10/c1-3-5-7-9-11-13-14-15-16-43-46-49-53-57-61-65-69-77(86)90-70-66-62-58-54-50-47-44-41-39-37-35-33-31-29-27-25-23-21-19-17-18-20-22-24-26-28-30-32-34-36-38-40-42-45-48-52-56-60-64-68-76(85)82-73(74(84)67-63-59-55-51-12-10-8-6-4-2)72-91-81-80(89)79(88)78(87)75(71-83)92-81/h17-18,21,23,63,67,73-75,78-81,83-84,87-89H,3-16,19-20,22,24-62,64-66,68-72H2,1-2H3,(H,82,85)/b18-17-,23-21-,67-63+. The number of unbranched alkanes of at least 4 members (excludes halogenated alkanes) is 54. The predicted molar refractivity (Wildman–Crippen MR) is 389 cm³/mol. The molecule has 1 fully saturated rings. The van der Waals surface area contributed by atoms with Gasteiger partial charge in [-0.2, -0.15) is 0 Å². The second-order valence-corrected chi connectivity index (χ2v) is 28.1. The molecule has 1 saturated heterocycles. The fourth-order valence-corrected chi connectivity index (χ4v) is 12.9. The lowest BCUT2D eigenvalue weighted by atomic mass is 9.99. The molecule has 6 N–H and O–H groups in total. The molecule has 7 unspecified atom stereocenters. The Kier molecular flexibility index (Phi) is 67.1. The van der Waals surface area contributed by atoms with Gasteiger partial charge >= 0.3 is 5.97 Å². The van der Waals surface area contributed by atoms with Crippen molar-refractivity contribution < 1.29 is 49.3 Å². The van der Waals surface area contributed by atoms with Crippen molar-refractivity contribution in [3.63, 3.8) is 0 Å². The topological polar surface area (TPSA) is 175 Å². The van der Waals surface area contributed by atoms with Gasteiger partial charge in [0, 0.05) is 12.8 Å². The predicted octanol–water partition coefficient (Wildman–Crippen LogP) is 21.7. The maximum atomic E-state index is 13.0. The summed E-state index contributed by atoms with van der Waals surface area (Å²) in [4.78, 5) is 25.1. The van der Waals surface area contributed by atoms with Gasteiger partial charge in [-0.05, 0) is 64.2 Å². The van der Waals surface area contributed by atoms with E-state index < -0.39 is 49.5 Å². The Morgan fingerprint density at radius 2 is 0.728 bits per heavy atom. The van der Waals surface area contributed by atoms with E-state index in [0.29, 0.717) is 19.4 Å². The Labute approximate surface area is 568 Å². The molecular formula is C81H153NO10. The van der Waals surface area contributed by atoms with E-state index in [9.17, 15) is 35.1 Å². The summed E-state index contributed by atoms with van der Waals surface area (Å²) in [5, 5.41) is 54.3. The van der Waals surface area contributed by atoms with Crippen molar-refractivity contribution in [3.8, 4) is 0 Å². The second kappa shape index (κ2) is 70.2. The summed E-state index contributed by atoms with van der Waals surface area (Å²) in [7, 11) is 0. The van der Waals surface area contributed by atoms with Gasteiger partial charge in [-0.3, -0.25) is 9.59 Å². The van der Waals surface area contributed by atoms with E-state index in [4.69, 9.17) is 14.2 Å². The number of hydrogen-bond donors (Lipinski definition) is 6. The van der Waals surface area contributed by atoms with E-state index >= 15 is 0 Å². The van der Waals surface area contributed by atoms with Crippen LogP contribution in [0, 0.1) is 0 Å². The van der Waals surface area contributed by atoms with Gasteiger partial charge in [0.15, 0.2) is 6.29 Å². The average Bonchev–Trinajstić information content (AvgIpc) is 0.924. The first-order valence-electron chi connectivity index (χ1n) is 40.3. The number of nitrogens with one attached hydrogen (secondary N) is 1. The summed E-state index contributed by atoms with van der Waals surface area (Å²) in [5.41, 5.74) is 0. The van der Waals surface area contributed by atoms with E-state index in [-0.39, 0.29) is 18.5 Å². The lowest BCUT2D eigenvalue weighted by Crippen LogP contribution is -2.60. The molecule has 1 heterocycles. The summed E-state index contributed by atoms with van der Waals surface area (Å²) in [5.74, 6) is -0.160. The molecule has 0 spiro atoms. The lowest BCUT2D eigenvalue weighted by Gasteiger charge is -2.40. The molecule has 7 atom stereocenters. The fourth-order valence-electron chi connectivity index (χ4n) is 12.9. The first kappa shape index (κ1) is 87.9. The SMILES string of the molecule is CCCCCCCCC/C=C/C(O)C(COC1OC(CO)C(O)C(O)C1O)NC(=O)CCCCCCCCCCCCCCCCCCC/C=C\C/C=C\CCCCCCCCCCCCCCCCCOC(=O)CCCCCCCCCCCCCCCCCC. The highest BCUT2D eigenvalue weighted by Gasteiger charge is 2.44. The normalized spacial score (nSPS) is 17.7. The Morgan fingerprint density at radius 3 is 1.10 bits per heavy atom. The van der Waals surface area contributed by atoms with Gasteiger partial charge < -0.3 is 45.1 Å². The molecule has 11 heteroatoms. The number of carbonyl (C=O) groups excluding carboxylic acids is 2. The molecular weight excluding hydrogens is 1150 g/mol. The van der Waals surface area contributed by atoms with Gasteiger partial charge in [-0.1, -0.05) is 365 Å². The number of ether oxygens (including phenoxy) is 3. The highest BCUT2D eigenvalue weighted by atomic mass is 16.7. The smallest absolute Gasteiger partial charge is 0.305 e. The van der Waals surface area contributed by atoms with Gasteiger partial charge in [0.05, 0.1) is 32.0 Å². The molecule has 0 radical (unpaired) electrons. The third-order valence-electron chi connectivity index (χ3n) is 19.2. The van der Waals surface area contributed by atoms with Crippen LogP contribution >= 0.6 is 0 Å². The third kappa shape index (κ3) is 58.1. The van der Waals surface area contributed by atoms with Gasteiger partial charge in [-0.25, -0.2) is 0 Å². The molecule has 0 bridgehead atoms. The third-order valence-corrected chi connectivity index (χ3v) is 19.2. The summed E-state index contributed by atoms with van der Waals surface area (Å²) in [6, 6.07) is -0.806. The fraction of sp³-hybridized carbons (Fsp3) is 0.901. The molecule has 0 aromatic rings. The lowest BCUT2D eigenvalue weighted by molar-refractivity contribution is -0.302. The molecule has 542 valence electrons. The van der Waals surface area contributed by atoms with Crippen molar-refractivity contribution in [2.24, 2.45) is 0 Å². The maximum Gasteiger partial charge on any atom is 0.305 e. The van der Waals surface area contributed by atoms with Crippen LogP contribution in [0.1, 0.15) is 406 Å². The largest absolute Gasteiger partial charge is 0.466 e. The highest BCUT2D eigenvalue weighted by Crippen LogP contribution is 2.24. The molecule has 1 amide bonds. The number of carbonyl (C=O) groups is 2. The zero-order valence-corrected chi connectivity index (χ0v) is 60.5. The molecule has 0 aromatic carbocycles.